The molecule has 0 heterocycles. The number of Topliss-reactive ketones (excluding diaryl/α,β-unsaturated/α-hetero) is 1. The fourth-order valence-corrected chi connectivity index (χ4v) is 1.81. The highest BCUT2D eigenvalue weighted by molar-refractivity contribution is 5.87. The van der Waals surface area contributed by atoms with Crippen LogP contribution < -0.4 is 0 Å². The van der Waals surface area contributed by atoms with Crippen molar-refractivity contribution < 1.29 is 14.7 Å². The first kappa shape index (κ1) is 9.96. The van der Waals surface area contributed by atoms with Crippen molar-refractivity contribution in [1.82, 2.24) is 0 Å². The van der Waals surface area contributed by atoms with Gasteiger partial charge in [-0.15, -0.1) is 0 Å². The predicted octanol–water partition coefficient (Wildman–Crippen LogP) is 1.63. The predicted molar refractivity (Wildman–Crippen MR) is 48.3 cm³/mol. The van der Waals surface area contributed by atoms with Crippen LogP contribution in [0.4, 0.5) is 0 Å². The largest absolute Gasteiger partial charge is 0.481 e. The van der Waals surface area contributed by atoms with Crippen molar-refractivity contribution in [3.8, 4) is 0 Å². The fourth-order valence-electron chi connectivity index (χ4n) is 1.81. The van der Waals surface area contributed by atoms with Crippen molar-refractivity contribution in [1.29, 1.82) is 0 Å². The molecule has 0 aliphatic heterocycles. The Bertz CT molecular complexity index is 267. The molecular formula is C10H14O3. The summed E-state index contributed by atoms with van der Waals surface area (Å²) in [6.07, 6.45) is 4.73. The number of ketones is 1. The molecule has 72 valence electrons. The van der Waals surface area contributed by atoms with Gasteiger partial charge in [-0.25, -0.2) is 0 Å². The quantitative estimate of drug-likeness (QED) is 0.660. The van der Waals surface area contributed by atoms with Crippen LogP contribution in [0.5, 0.6) is 0 Å². The lowest BCUT2D eigenvalue weighted by Gasteiger charge is -2.33. The Balaban J connectivity index is 2.99. The number of hydrogen-bond acceptors (Lipinski definition) is 2. The normalized spacial score (nSPS) is 32.9. The summed E-state index contributed by atoms with van der Waals surface area (Å²) in [5.41, 5.74) is -0.902. The molecule has 3 heteroatoms. The van der Waals surface area contributed by atoms with Gasteiger partial charge in [-0.05, 0) is 26.7 Å². The third kappa shape index (κ3) is 1.64. The molecule has 0 aromatic heterocycles. The molecule has 13 heavy (non-hydrogen) atoms. The van der Waals surface area contributed by atoms with Gasteiger partial charge in [0.15, 0.2) is 0 Å². The van der Waals surface area contributed by atoms with Gasteiger partial charge < -0.3 is 5.11 Å². The van der Waals surface area contributed by atoms with Crippen LogP contribution in [-0.4, -0.2) is 16.9 Å². The Kier molecular flexibility index (Phi) is 2.55. The van der Waals surface area contributed by atoms with Crippen LogP contribution in [0.1, 0.15) is 26.7 Å². The van der Waals surface area contributed by atoms with Gasteiger partial charge in [0.1, 0.15) is 5.78 Å². The highest BCUT2D eigenvalue weighted by atomic mass is 16.4. The van der Waals surface area contributed by atoms with Gasteiger partial charge in [0.05, 0.1) is 5.41 Å². The number of carboxylic acids is 1. The fraction of sp³-hybridized carbons (Fsp3) is 0.600. The summed E-state index contributed by atoms with van der Waals surface area (Å²) in [6.45, 7) is 3.11. The number of rotatable bonds is 2. The van der Waals surface area contributed by atoms with E-state index in [9.17, 15) is 9.59 Å². The maximum atomic E-state index is 11.2. The Morgan fingerprint density at radius 2 is 2.08 bits per heavy atom. The maximum Gasteiger partial charge on any atom is 0.310 e. The lowest BCUT2D eigenvalue weighted by molar-refractivity contribution is -0.154. The van der Waals surface area contributed by atoms with Gasteiger partial charge in [0, 0.05) is 5.92 Å². The van der Waals surface area contributed by atoms with E-state index in [-0.39, 0.29) is 11.7 Å². The molecule has 0 fully saturated rings. The summed E-state index contributed by atoms with van der Waals surface area (Å²) in [4.78, 5) is 22.2. The molecule has 0 saturated carbocycles. The third-order valence-electron chi connectivity index (χ3n) is 2.83. The molecule has 1 aliphatic carbocycles. The number of allylic oxidation sites excluding steroid dienone is 2. The zero-order valence-electron chi connectivity index (χ0n) is 7.91. The van der Waals surface area contributed by atoms with E-state index in [1.165, 1.54) is 6.92 Å². The minimum Gasteiger partial charge on any atom is -0.481 e. The van der Waals surface area contributed by atoms with Crippen LogP contribution in [0, 0.1) is 11.3 Å². The van der Waals surface area contributed by atoms with Crippen molar-refractivity contribution >= 4 is 11.8 Å². The van der Waals surface area contributed by atoms with Crippen molar-refractivity contribution in [2.24, 2.45) is 11.3 Å². The Morgan fingerprint density at radius 1 is 1.46 bits per heavy atom. The number of carbonyl (C=O) groups is 2. The molecule has 0 amide bonds. The highest BCUT2D eigenvalue weighted by Crippen LogP contribution is 2.38. The molecule has 0 aromatic rings. The SMILES string of the molecule is CC(=O)[C@@H]1CC=CC[C@]1(C)C(=O)O. The Morgan fingerprint density at radius 3 is 2.46 bits per heavy atom. The molecule has 0 saturated heterocycles. The van der Waals surface area contributed by atoms with E-state index in [0.717, 1.165) is 0 Å². The van der Waals surface area contributed by atoms with Crippen LogP contribution in [0.25, 0.3) is 0 Å². The van der Waals surface area contributed by atoms with Crippen LogP contribution >= 0.6 is 0 Å². The summed E-state index contributed by atoms with van der Waals surface area (Å²) in [5.74, 6) is -1.28. The van der Waals surface area contributed by atoms with E-state index in [0.29, 0.717) is 12.8 Å². The van der Waals surface area contributed by atoms with Gasteiger partial charge in [-0.1, -0.05) is 12.2 Å². The second kappa shape index (κ2) is 3.32. The van der Waals surface area contributed by atoms with Crippen LogP contribution in [-0.2, 0) is 9.59 Å². The van der Waals surface area contributed by atoms with Crippen molar-refractivity contribution in [2.45, 2.75) is 26.7 Å². The molecule has 0 bridgehead atoms. The summed E-state index contributed by atoms with van der Waals surface area (Å²) in [6, 6.07) is 0. The van der Waals surface area contributed by atoms with Crippen molar-refractivity contribution in [3.05, 3.63) is 12.2 Å². The van der Waals surface area contributed by atoms with E-state index >= 15 is 0 Å². The average Bonchev–Trinajstić information content (AvgIpc) is 2.04. The van der Waals surface area contributed by atoms with Crippen LogP contribution in [0.3, 0.4) is 0 Å². The summed E-state index contributed by atoms with van der Waals surface area (Å²) < 4.78 is 0. The number of carboxylic acid groups (broad SMARTS) is 1. The van der Waals surface area contributed by atoms with E-state index < -0.39 is 11.4 Å². The topological polar surface area (TPSA) is 54.4 Å². The molecular weight excluding hydrogens is 168 g/mol. The molecule has 1 N–H and O–H groups in total. The third-order valence-corrected chi connectivity index (χ3v) is 2.83. The summed E-state index contributed by atoms with van der Waals surface area (Å²) in [7, 11) is 0. The van der Waals surface area contributed by atoms with Crippen LogP contribution in [0.2, 0.25) is 0 Å². The Labute approximate surface area is 77.4 Å². The first-order valence-corrected chi connectivity index (χ1v) is 4.37. The van der Waals surface area contributed by atoms with Gasteiger partial charge in [0.25, 0.3) is 0 Å². The molecule has 0 unspecified atom stereocenters. The van der Waals surface area contributed by atoms with Gasteiger partial charge >= 0.3 is 5.97 Å². The second-order valence-corrected chi connectivity index (χ2v) is 3.80. The molecule has 0 spiro atoms. The molecule has 1 aliphatic rings. The summed E-state index contributed by atoms with van der Waals surface area (Å²) in [5, 5.41) is 9.03. The zero-order valence-corrected chi connectivity index (χ0v) is 7.91. The maximum absolute atomic E-state index is 11.2. The lowest BCUT2D eigenvalue weighted by atomic mass is 9.68. The first-order chi connectivity index (χ1) is 5.98. The monoisotopic (exact) mass is 182 g/mol. The average molecular weight is 182 g/mol. The van der Waals surface area contributed by atoms with Gasteiger partial charge in [-0.3, -0.25) is 9.59 Å². The number of aliphatic carboxylic acids is 1. The lowest BCUT2D eigenvalue weighted by Crippen LogP contribution is -2.40. The standard InChI is InChI=1S/C10H14O3/c1-7(11)8-5-3-4-6-10(8,2)9(12)13/h3-4,8H,5-6H2,1-2H3,(H,12,13)/t8-,10-/m0/s1. The number of hydrogen-bond donors (Lipinski definition) is 1. The zero-order chi connectivity index (χ0) is 10.1. The second-order valence-electron chi connectivity index (χ2n) is 3.80. The molecule has 0 aromatic carbocycles. The molecule has 1 rings (SSSR count). The smallest absolute Gasteiger partial charge is 0.310 e. The molecule has 2 atom stereocenters. The van der Waals surface area contributed by atoms with Gasteiger partial charge in [-0.2, -0.15) is 0 Å². The van der Waals surface area contributed by atoms with E-state index in [1.807, 2.05) is 12.2 Å². The van der Waals surface area contributed by atoms with Crippen LogP contribution in [0.15, 0.2) is 12.2 Å². The van der Waals surface area contributed by atoms with Crippen molar-refractivity contribution in [3.63, 3.8) is 0 Å². The first-order valence-electron chi connectivity index (χ1n) is 4.37. The van der Waals surface area contributed by atoms with E-state index in [1.54, 1.807) is 6.92 Å². The molecule has 0 radical (unpaired) electrons. The minimum atomic E-state index is -0.902. The Hall–Kier alpha value is -1.12. The summed E-state index contributed by atoms with van der Waals surface area (Å²) >= 11 is 0. The van der Waals surface area contributed by atoms with E-state index in [4.69, 9.17) is 5.11 Å². The minimum absolute atomic E-state index is 0.0331. The van der Waals surface area contributed by atoms with Gasteiger partial charge in [0.2, 0.25) is 0 Å². The van der Waals surface area contributed by atoms with E-state index in [2.05, 4.69) is 0 Å². The highest BCUT2D eigenvalue weighted by Gasteiger charge is 2.43. The molecule has 3 nitrogen and oxygen atoms in total. The van der Waals surface area contributed by atoms with Crippen molar-refractivity contribution in [2.75, 3.05) is 0 Å². The number of carbonyl (C=O) groups excluding carboxylic acids is 1.